The third-order valence-corrected chi connectivity index (χ3v) is 5.64. The summed E-state index contributed by atoms with van der Waals surface area (Å²) in [4.78, 5) is 26.6. The summed E-state index contributed by atoms with van der Waals surface area (Å²) in [6, 6.07) is -0.222. The highest BCUT2D eigenvalue weighted by atomic mass is 32.1. The van der Waals surface area contributed by atoms with Gasteiger partial charge >= 0.3 is 11.9 Å². The van der Waals surface area contributed by atoms with Crippen molar-refractivity contribution in [2.75, 3.05) is 0 Å². The third-order valence-electron chi connectivity index (χ3n) is 4.39. The Morgan fingerprint density at radius 3 is 2.43 bits per heavy atom. The molecule has 154 valence electrons. The van der Waals surface area contributed by atoms with Crippen LogP contribution in [0, 0.1) is 6.92 Å². The minimum absolute atomic E-state index is 0.222. The van der Waals surface area contributed by atoms with E-state index in [1.54, 1.807) is 13.1 Å². The molecule has 1 aliphatic rings. The second-order valence-electron chi connectivity index (χ2n) is 8.10. The Hall–Kier alpha value is -2.10. The van der Waals surface area contributed by atoms with Gasteiger partial charge in [0, 0.05) is 18.1 Å². The fraction of sp³-hybridized carbons (Fsp3) is 0.611. The second kappa shape index (κ2) is 7.06. The number of fused-ring (bicyclic) bond motifs is 1. The topological polar surface area (TPSA) is 68.4 Å². The molecule has 0 aliphatic heterocycles. The van der Waals surface area contributed by atoms with Gasteiger partial charge in [0.15, 0.2) is 0 Å². The van der Waals surface area contributed by atoms with Crippen molar-refractivity contribution in [2.45, 2.75) is 71.3 Å². The largest absolute Gasteiger partial charge is 0.390 e. The number of nitrogens with zero attached hydrogens (tertiary/aromatic N) is 3. The summed E-state index contributed by atoms with van der Waals surface area (Å²) < 4.78 is 40.5. The lowest BCUT2D eigenvalue weighted by atomic mass is 10.1. The second-order valence-corrected chi connectivity index (χ2v) is 9.13. The van der Waals surface area contributed by atoms with Crippen molar-refractivity contribution in [3.05, 3.63) is 31.3 Å². The van der Waals surface area contributed by atoms with Gasteiger partial charge in [0.25, 0.3) is 5.56 Å². The Balaban J connectivity index is 2.16. The number of nitrogens with one attached hydrogen (secondary N) is 1. The van der Waals surface area contributed by atoms with Crippen LogP contribution in [0.2, 0.25) is 0 Å². The van der Waals surface area contributed by atoms with Crippen LogP contribution in [0.3, 0.4) is 0 Å². The van der Waals surface area contributed by atoms with Crippen LogP contribution in [0.15, 0.2) is 14.7 Å². The number of aromatic nitrogens is 2. The molecular formula is C18H23F3N4O2S. The summed E-state index contributed by atoms with van der Waals surface area (Å²) in [6.45, 7) is 7.03. The minimum atomic E-state index is -4.39. The Morgan fingerprint density at radius 2 is 1.89 bits per heavy atom. The molecule has 3 rings (SSSR count). The number of rotatable bonds is 5. The smallest absolute Gasteiger partial charge is 0.305 e. The van der Waals surface area contributed by atoms with Gasteiger partial charge in [-0.3, -0.25) is 13.9 Å². The van der Waals surface area contributed by atoms with E-state index in [4.69, 9.17) is 0 Å². The first-order valence-corrected chi connectivity index (χ1v) is 9.86. The lowest BCUT2D eigenvalue weighted by Crippen LogP contribution is -2.39. The number of alkyl halides is 3. The fourth-order valence-electron chi connectivity index (χ4n) is 2.88. The van der Waals surface area contributed by atoms with Gasteiger partial charge in [-0.05, 0) is 46.1 Å². The molecule has 28 heavy (non-hydrogen) atoms. The molecule has 0 spiro atoms. The van der Waals surface area contributed by atoms with Gasteiger partial charge in [0.2, 0.25) is 0 Å². The van der Waals surface area contributed by atoms with Gasteiger partial charge in [-0.15, -0.1) is 11.3 Å². The summed E-state index contributed by atoms with van der Waals surface area (Å²) in [6.07, 6.45) is -2.60. The lowest BCUT2D eigenvalue weighted by Gasteiger charge is -2.16. The van der Waals surface area contributed by atoms with Crippen LogP contribution in [-0.4, -0.2) is 27.1 Å². The quantitative estimate of drug-likeness (QED) is 0.599. The summed E-state index contributed by atoms with van der Waals surface area (Å²) >= 11 is 1.11. The van der Waals surface area contributed by atoms with Crippen LogP contribution >= 0.6 is 11.3 Å². The molecule has 1 N–H and O–H groups in total. The van der Waals surface area contributed by atoms with E-state index < -0.39 is 30.4 Å². The number of halogens is 3. The Kier molecular flexibility index (Phi) is 5.20. The Bertz CT molecular complexity index is 1040. The number of hydrazone groups is 1. The van der Waals surface area contributed by atoms with Crippen molar-refractivity contribution in [1.82, 2.24) is 14.6 Å². The van der Waals surface area contributed by atoms with Gasteiger partial charge in [-0.1, -0.05) is 0 Å². The maximum Gasteiger partial charge on any atom is 0.390 e. The van der Waals surface area contributed by atoms with Gasteiger partial charge < -0.3 is 5.43 Å². The first-order chi connectivity index (χ1) is 12.9. The van der Waals surface area contributed by atoms with E-state index in [0.717, 1.165) is 20.5 Å². The zero-order chi connectivity index (χ0) is 20.9. The Labute approximate surface area is 163 Å². The highest BCUT2D eigenvalue weighted by Crippen LogP contribution is 2.34. The number of hydrogen-bond acceptors (Lipinski definition) is 5. The molecule has 6 nitrogen and oxygen atoms in total. The van der Waals surface area contributed by atoms with Crippen molar-refractivity contribution in [1.29, 1.82) is 0 Å². The van der Waals surface area contributed by atoms with Gasteiger partial charge in [-0.2, -0.15) is 18.3 Å². The van der Waals surface area contributed by atoms with E-state index in [1.807, 2.05) is 20.8 Å². The summed E-state index contributed by atoms with van der Waals surface area (Å²) in [5.74, 6) is 0. The van der Waals surface area contributed by atoms with E-state index in [2.05, 4.69) is 10.5 Å². The molecule has 0 atom stereocenters. The molecule has 0 aromatic carbocycles. The predicted octanol–water partition coefficient (Wildman–Crippen LogP) is 3.54. The van der Waals surface area contributed by atoms with Crippen LogP contribution in [0.1, 0.15) is 56.5 Å². The molecule has 2 aromatic rings. The normalized spacial score (nSPS) is 15.7. The van der Waals surface area contributed by atoms with Crippen LogP contribution < -0.4 is 16.7 Å². The molecule has 0 saturated heterocycles. The molecule has 10 heteroatoms. The number of hydrogen-bond donors (Lipinski definition) is 1. The molecule has 1 aliphatic carbocycles. The standard InChI is InChI=1S/C18H23F3N4O2S/c1-10-12(9-22-23-17(2,3)4)28-15-13(10)14(26)25(11-5-6-11)16(27)24(15)8-7-18(19,20)21/h9,11,23H,5-8H2,1-4H3. The van der Waals surface area contributed by atoms with E-state index in [1.165, 1.54) is 0 Å². The van der Waals surface area contributed by atoms with Gasteiger partial charge in [-0.25, -0.2) is 4.79 Å². The van der Waals surface area contributed by atoms with Crippen LogP contribution in [0.5, 0.6) is 0 Å². The molecule has 0 amide bonds. The zero-order valence-electron chi connectivity index (χ0n) is 16.2. The first kappa shape index (κ1) is 20.6. The maximum absolute atomic E-state index is 12.9. The van der Waals surface area contributed by atoms with E-state index in [9.17, 15) is 22.8 Å². The summed E-state index contributed by atoms with van der Waals surface area (Å²) in [5.41, 5.74) is 2.22. The van der Waals surface area contributed by atoms with E-state index in [0.29, 0.717) is 28.7 Å². The average molecular weight is 416 g/mol. The Morgan fingerprint density at radius 1 is 1.25 bits per heavy atom. The SMILES string of the molecule is Cc1c(C=NNC(C)(C)C)sc2c1c(=O)n(C1CC1)c(=O)n2CCC(F)(F)F. The third kappa shape index (κ3) is 4.31. The van der Waals surface area contributed by atoms with Crippen LogP contribution in [0.4, 0.5) is 13.2 Å². The first-order valence-electron chi connectivity index (χ1n) is 9.04. The van der Waals surface area contributed by atoms with Crippen molar-refractivity contribution in [3.8, 4) is 0 Å². The molecule has 0 unspecified atom stereocenters. The van der Waals surface area contributed by atoms with Crippen LogP contribution in [0.25, 0.3) is 10.2 Å². The summed E-state index contributed by atoms with van der Waals surface area (Å²) in [7, 11) is 0. The maximum atomic E-state index is 12.9. The lowest BCUT2D eigenvalue weighted by molar-refractivity contribution is -0.136. The van der Waals surface area contributed by atoms with Gasteiger partial charge in [0.1, 0.15) is 4.83 Å². The molecule has 0 radical (unpaired) electrons. The van der Waals surface area contributed by atoms with Crippen molar-refractivity contribution >= 4 is 27.8 Å². The number of thiophene rings is 1. The van der Waals surface area contributed by atoms with Crippen LogP contribution in [-0.2, 0) is 6.54 Å². The summed E-state index contributed by atoms with van der Waals surface area (Å²) in [5, 5.41) is 4.47. The molecule has 1 fully saturated rings. The van der Waals surface area contributed by atoms with Gasteiger partial charge in [0.05, 0.1) is 22.9 Å². The zero-order valence-corrected chi connectivity index (χ0v) is 17.0. The molecular weight excluding hydrogens is 393 g/mol. The van der Waals surface area contributed by atoms with Crippen molar-refractivity contribution in [2.24, 2.45) is 5.10 Å². The molecule has 2 aromatic heterocycles. The van der Waals surface area contributed by atoms with Crippen molar-refractivity contribution in [3.63, 3.8) is 0 Å². The van der Waals surface area contributed by atoms with Crippen molar-refractivity contribution < 1.29 is 13.2 Å². The highest BCUT2D eigenvalue weighted by Gasteiger charge is 2.32. The minimum Gasteiger partial charge on any atom is -0.305 e. The predicted molar refractivity (Wildman–Crippen MR) is 105 cm³/mol. The molecule has 0 bridgehead atoms. The average Bonchev–Trinajstić information content (AvgIpc) is 3.30. The van der Waals surface area contributed by atoms with E-state index >= 15 is 0 Å². The molecule has 1 saturated carbocycles. The highest BCUT2D eigenvalue weighted by molar-refractivity contribution is 7.20. The number of aryl methyl sites for hydroxylation is 2. The monoisotopic (exact) mass is 416 g/mol. The fourth-order valence-corrected chi connectivity index (χ4v) is 4.07. The van der Waals surface area contributed by atoms with E-state index in [-0.39, 0.29) is 16.4 Å². The molecule has 2 heterocycles.